The highest BCUT2D eigenvalue weighted by Crippen LogP contribution is 2.24. The minimum Gasteiger partial charge on any atom is -0.334 e. The number of hydrogen-bond donors (Lipinski definition) is 2. The Hall–Kier alpha value is -2.94. The van der Waals surface area contributed by atoms with Crippen LogP contribution in [0.2, 0.25) is 0 Å². The van der Waals surface area contributed by atoms with Gasteiger partial charge in [-0.3, -0.25) is 14.6 Å². The summed E-state index contributed by atoms with van der Waals surface area (Å²) in [4.78, 5) is 31.8. The van der Waals surface area contributed by atoms with Gasteiger partial charge in [0.05, 0.1) is 5.69 Å². The van der Waals surface area contributed by atoms with Gasteiger partial charge in [-0.05, 0) is 11.8 Å². The van der Waals surface area contributed by atoms with Crippen molar-refractivity contribution in [2.24, 2.45) is 0 Å². The van der Waals surface area contributed by atoms with Crippen LogP contribution in [0.25, 0.3) is 11.3 Å². The van der Waals surface area contributed by atoms with Crippen LogP contribution in [0.15, 0.2) is 46.6 Å². The Kier molecular flexibility index (Phi) is 6.59. The molecule has 28 heavy (non-hydrogen) atoms. The number of imidazole rings is 1. The number of hydrogen-bond acceptors (Lipinski definition) is 6. The van der Waals surface area contributed by atoms with Gasteiger partial charge in [-0.1, -0.05) is 43.8 Å². The number of aromatic nitrogens is 5. The molecule has 0 aliphatic heterocycles. The molecule has 2 heterocycles. The molecule has 0 saturated heterocycles. The van der Waals surface area contributed by atoms with Crippen LogP contribution in [0.4, 0.5) is 5.69 Å². The number of aromatic amines is 1. The zero-order valence-electron chi connectivity index (χ0n) is 15.8. The Morgan fingerprint density at radius 1 is 1.25 bits per heavy atom. The van der Waals surface area contributed by atoms with Crippen LogP contribution in [0.5, 0.6) is 0 Å². The quantitative estimate of drug-likeness (QED) is 0.565. The number of H-pyrrole nitrogens is 1. The molecule has 0 radical (unpaired) electrons. The maximum atomic E-state index is 12.4. The number of anilines is 1. The van der Waals surface area contributed by atoms with E-state index in [-0.39, 0.29) is 17.2 Å². The number of rotatable bonds is 8. The van der Waals surface area contributed by atoms with Gasteiger partial charge in [-0.2, -0.15) is 0 Å². The average molecular weight is 398 g/mol. The van der Waals surface area contributed by atoms with E-state index in [1.807, 2.05) is 24.6 Å². The average Bonchev–Trinajstić information content (AvgIpc) is 3.15. The second-order valence-electron chi connectivity index (χ2n) is 5.98. The molecule has 146 valence electrons. The number of carbonyl (C=O) groups excluding carboxylic acids is 1. The number of nitrogens with one attached hydrogen (secondary N) is 2. The standard InChI is InChI=1S/C19H22N6O2S/c1-3-15-20-10-12-25(15)11-9-16(26)21-14-8-6-5-7-13(14)17-18(27)22-19(24-23-17)28-4-2/h5-8,10,12H,3-4,9,11H2,1-2H3,(H,21,26)(H,22,24,27). The Morgan fingerprint density at radius 2 is 2.07 bits per heavy atom. The fraction of sp³-hybridized carbons (Fsp3) is 0.316. The molecule has 0 atom stereocenters. The second kappa shape index (κ2) is 9.32. The van der Waals surface area contributed by atoms with E-state index >= 15 is 0 Å². The highest BCUT2D eigenvalue weighted by atomic mass is 32.2. The fourth-order valence-electron chi connectivity index (χ4n) is 2.79. The van der Waals surface area contributed by atoms with Crippen molar-refractivity contribution in [3.05, 3.63) is 52.8 Å². The molecule has 1 amide bonds. The summed E-state index contributed by atoms with van der Waals surface area (Å²) in [6.45, 7) is 4.54. The number of nitrogens with zero attached hydrogens (tertiary/aromatic N) is 4. The third-order valence-electron chi connectivity index (χ3n) is 4.11. The molecule has 0 spiro atoms. The second-order valence-corrected chi connectivity index (χ2v) is 7.23. The van der Waals surface area contributed by atoms with E-state index in [4.69, 9.17) is 0 Å². The van der Waals surface area contributed by atoms with Gasteiger partial charge < -0.3 is 9.88 Å². The van der Waals surface area contributed by atoms with Crippen molar-refractivity contribution in [3.8, 4) is 11.3 Å². The van der Waals surface area contributed by atoms with Crippen molar-refractivity contribution in [2.45, 2.75) is 38.4 Å². The zero-order chi connectivity index (χ0) is 19.9. The van der Waals surface area contributed by atoms with E-state index < -0.39 is 0 Å². The fourth-order valence-corrected chi connectivity index (χ4v) is 3.33. The lowest BCUT2D eigenvalue weighted by atomic mass is 10.1. The Bertz CT molecular complexity index is 1010. The Labute approximate surface area is 166 Å². The molecule has 0 fully saturated rings. The SMILES string of the molecule is CCSc1nnc(-c2ccccc2NC(=O)CCn2ccnc2CC)c(=O)[nH]1. The van der Waals surface area contributed by atoms with Crippen molar-refractivity contribution in [1.82, 2.24) is 24.7 Å². The third kappa shape index (κ3) is 4.66. The van der Waals surface area contributed by atoms with Crippen LogP contribution in [0.1, 0.15) is 26.1 Å². The van der Waals surface area contributed by atoms with Crippen molar-refractivity contribution >= 4 is 23.4 Å². The van der Waals surface area contributed by atoms with Gasteiger partial charge in [0.1, 0.15) is 5.82 Å². The van der Waals surface area contributed by atoms with Crippen molar-refractivity contribution < 1.29 is 4.79 Å². The lowest BCUT2D eigenvalue weighted by Gasteiger charge is -2.11. The lowest BCUT2D eigenvalue weighted by Crippen LogP contribution is -2.18. The molecular weight excluding hydrogens is 376 g/mol. The molecule has 0 bridgehead atoms. The normalized spacial score (nSPS) is 10.8. The first kappa shape index (κ1) is 19.8. The van der Waals surface area contributed by atoms with Crippen LogP contribution < -0.4 is 10.9 Å². The summed E-state index contributed by atoms with van der Waals surface area (Å²) in [5, 5.41) is 11.5. The third-order valence-corrected chi connectivity index (χ3v) is 4.86. The summed E-state index contributed by atoms with van der Waals surface area (Å²) in [5.41, 5.74) is 0.914. The first-order valence-corrected chi connectivity index (χ1v) is 10.1. The molecule has 9 heteroatoms. The first-order valence-electron chi connectivity index (χ1n) is 9.11. The van der Waals surface area contributed by atoms with E-state index in [9.17, 15) is 9.59 Å². The Morgan fingerprint density at radius 3 is 2.82 bits per heavy atom. The number of thioether (sulfide) groups is 1. The zero-order valence-corrected chi connectivity index (χ0v) is 16.6. The maximum absolute atomic E-state index is 12.4. The summed E-state index contributed by atoms with van der Waals surface area (Å²) in [7, 11) is 0. The van der Waals surface area contributed by atoms with Gasteiger partial charge in [0.2, 0.25) is 5.91 Å². The number of carbonyl (C=O) groups is 1. The topological polar surface area (TPSA) is 106 Å². The number of benzene rings is 1. The smallest absolute Gasteiger partial charge is 0.278 e. The van der Waals surface area contributed by atoms with Crippen LogP contribution >= 0.6 is 11.8 Å². The molecule has 3 aromatic rings. The molecule has 0 saturated carbocycles. The van der Waals surface area contributed by atoms with Crippen molar-refractivity contribution in [1.29, 1.82) is 0 Å². The Balaban J connectivity index is 1.75. The van der Waals surface area contributed by atoms with Crippen LogP contribution in [-0.2, 0) is 17.8 Å². The molecule has 0 aliphatic carbocycles. The summed E-state index contributed by atoms with van der Waals surface area (Å²) in [6, 6.07) is 7.08. The molecule has 3 rings (SSSR count). The summed E-state index contributed by atoms with van der Waals surface area (Å²) >= 11 is 1.41. The molecule has 2 aromatic heterocycles. The van der Waals surface area contributed by atoms with Gasteiger partial charge in [0, 0.05) is 37.3 Å². The van der Waals surface area contributed by atoms with Crippen LogP contribution in [0, 0.1) is 0 Å². The van der Waals surface area contributed by atoms with Crippen LogP contribution in [0.3, 0.4) is 0 Å². The van der Waals surface area contributed by atoms with E-state index in [0.717, 1.165) is 18.0 Å². The van der Waals surface area contributed by atoms with E-state index in [1.54, 1.807) is 30.5 Å². The number of amides is 1. The molecule has 2 N–H and O–H groups in total. The van der Waals surface area contributed by atoms with Gasteiger partial charge >= 0.3 is 0 Å². The number of aryl methyl sites for hydroxylation is 2. The highest BCUT2D eigenvalue weighted by molar-refractivity contribution is 7.99. The first-order chi connectivity index (χ1) is 13.6. The lowest BCUT2D eigenvalue weighted by molar-refractivity contribution is -0.116. The van der Waals surface area contributed by atoms with E-state index in [1.165, 1.54) is 11.8 Å². The minimum atomic E-state index is -0.335. The predicted molar refractivity (Wildman–Crippen MR) is 109 cm³/mol. The number of para-hydroxylation sites is 1. The monoisotopic (exact) mass is 398 g/mol. The van der Waals surface area contributed by atoms with Crippen molar-refractivity contribution in [2.75, 3.05) is 11.1 Å². The molecule has 8 nitrogen and oxygen atoms in total. The van der Waals surface area contributed by atoms with Gasteiger partial charge in [-0.15, -0.1) is 10.2 Å². The minimum absolute atomic E-state index is 0.147. The van der Waals surface area contributed by atoms with Gasteiger partial charge in [0.15, 0.2) is 10.9 Å². The highest BCUT2D eigenvalue weighted by Gasteiger charge is 2.14. The molecule has 0 unspecified atom stereocenters. The summed E-state index contributed by atoms with van der Waals surface area (Å²) in [5.74, 6) is 1.58. The largest absolute Gasteiger partial charge is 0.334 e. The summed E-state index contributed by atoms with van der Waals surface area (Å²) in [6.07, 6.45) is 4.71. The maximum Gasteiger partial charge on any atom is 0.278 e. The molecule has 0 aliphatic rings. The van der Waals surface area contributed by atoms with Gasteiger partial charge in [-0.25, -0.2) is 4.98 Å². The summed E-state index contributed by atoms with van der Waals surface area (Å²) < 4.78 is 1.96. The predicted octanol–water partition coefficient (Wildman–Crippen LogP) is 2.73. The molecule has 1 aromatic carbocycles. The van der Waals surface area contributed by atoms with Crippen molar-refractivity contribution in [3.63, 3.8) is 0 Å². The van der Waals surface area contributed by atoms with E-state index in [0.29, 0.717) is 29.4 Å². The van der Waals surface area contributed by atoms with Gasteiger partial charge in [0.25, 0.3) is 5.56 Å². The van der Waals surface area contributed by atoms with E-state index in [2.05, 4.69) is 25.5 Å². The van der Waals surface area contributed by atoms with Crippen LogP contribution in [-0.4, -0.2) is 36.4 Å². The molecular formula is C19H22N6O2S.